The number of carbonyl (C=O) groups is 1. The van der Waals surface area contributed by atoms with Crippen LogP contribution >= 0.6 is 0 Å². The van der Waals surface area contributed by atoms with Gasteiger partial charge in [-0.2, -0.15) is 10.2 Å². The zero-order valence-corrected chi connectivity index (χ0v) is 23.4. The van der Waals surface area contributed by atoms with Crippen molar-refractivity contribution in [2.45, 2.75) is 46.6 Å². The van der Waals surface area contributed by atoms with E-state index in [1.165, 1.54) is 12.7 Å². The third-order valence-electron chi connectivity index (χ3n) is 7.51. The van der Waals surface area contributed by atoms with E-state index in [4.69, 9.17) is 4.74 Å². The summed E-state index contributed by atoms with van der Waals surface area (Å²) in [6, 6.07) is 11.4. The number of nitrogens with zero attached hydrogens (tertiary/aromatic N) is 7. The van der Waals surface area contributed by atoms with E-state index in [0.29, 0.717) is 36.6 Å². The highest BCUT2D eigenvalue weighted by atomic mass is 16.5. The molecule has 0 saturated carbocycles. The van der Waals surface area contributed by atoms with E-state index in [-0.39, 0.29) is 11.5 Å². The fourth-order valence-electron chi connectivity index (χ4n) is 5.43. The lowest BCUT2D eigenvalue weighted by Crippen LogP contribution is -2.46. The Kier molecular flexibility index (Phi) is 6.56. The van der Waals surface area contributed by atoms with E-state index >= 15 is 0 Å². The largest absolute Gasteiger partial charge is 0.465 e. The second-order valence-corrected chi connectivity index (χ2v) is 11.3. The number of carboxylic acid groups (broad SMARTS) is 1. The summed E-state index contributed by atoms with van der Waals surface area (Å²) in [4.78, 5) is 22.5. The van der Waals surface area contributed by atoms with Gasteiger partial charge in [0.25, 0.3) is 0 Å². The predicted octanol–water partition coefficient (Wildman–Crippen LogP) is 6.19. The Labute approximate surface area is 237 Å². The highest BCUT2D eigenvalue weighted by Crippen LogP contribution is 2.38. The van der Waals surface area contributed by atoms with Crippen molar-refractivity contribution in [1.82, 2.24) is 34.1 Å². The lowest BCUT2D eigenvalue weighted by Gasteiger charge is -2.38. The van der Waals surface area contributed by atoms with Crippen molar-refractivity contribution in [1.29, 1.82) is 0 Å². The Morgan fingerprint density at radius 2 is 1.83 bits per heavy atom. The van der Waals surface area contributed by atoms with E-state index in [2.05, 4.69) is 52.3 Å². The molecule has 0 spiro atoms. The average Bonchev–Trinajstić information content (AvgIpc) is 3.51. The van der Waals surface area contributed by atoms with Crippen LogP contribution in [0.2, 0.25) is 0 Å². The van der Waals surface area contributed by atoms with E-state index in [1.54, 1.807) is 9.42 Å². The monoisotopic (exact) mass is 552 g/mol. The summed E-state index contributed by atoms with van der Waals surface area (Å²) in [5.41, 5.74) is 5.23. The molecule has 11 nitrogen and oxygen atoms in total. The Morgan fingerprint density at radius 1 is 1.05 bits per heavy atom. The fourth-order valence-corrected chi connectivity index (χ4v) is 5.43. The number of ether oxygens (including phenoxy) is 1. The highest BCUT2D eigenvalue weighted by Gasteiger charge is 2.35. The molecular formula is C30H32N8O3. The van der Waals surface area contributed by atoms with Gasteiger partial charge in [0.1, 0.15) is 29.7 Å². The van der Waals surface area contributed by atoms with Gasteiger partial charge in [-0.1, -0.05) is 26.8 Å². The Morgan fingerprint density at radius 3 is 2.61 bits per heavy atom. The molecule has 11 heteroatoms. The van der Waals surface area contributed by atoms with E-state index in [0.717, 1.165) is 33.7 Å². The molecule has 2 N–H and O–H groups in total. The number of benzene rings is 1. The van der Waals surface area contributed by atoms with Crippen molar-refractivity contribution in [2.24, 2.45) is 5.41 Å². The van der Waals surface area contributed by atoms with Crippen LogP contribution in [0, 0.1) is 12.3 Å². The standard InChI is InChI=1S/C30H32N8O3/c1-19-14-21(7-8-24(19)41-22-9-12-37-26(16-22)31-17-33-37)35-28-27-23(10-13-38(27)34-18-32-28)20-6-5-11-36(29(39)40)25(15-20)30(2,3)4/h6-10,12-14,16-18,25H,5,11,15H2,1-4H3,(H,39,40)(H,32,34,35). The molecule has 0 bridgehead atoms. The van der Waals surface area contributed by atoms with Gasteiger partial charge >= 0.3 is 6.09 Å². The van der Waals surface area contributed by atoms with Crippen molar-refractivity contribution in [2.75, 3.05) is 11.9 Å². The molecule has 6 rings (SSSR count). The normalized spacial score (nSPS) is 16.0. The van der Waals surface area contributed by atoms with Crippen LogP contribution in [-0.2, 0) is 0 Å². The van der Waals surface area contributed by atoms with Gasteiger partial charge in [-0.3, -0.25) is 0 Å². The number of aromatic nitrogens is 6. The van der Waals surface area contributed by atoms with Gasteiger partial charge in [-0.05, 0) is 66.6 Å². The third-order valence-corrected chi connectivity index (χ3v) is 7.51. The third kappa shape index (κ3) is 5.18. The first kappa shape index (κ1) is 26.3. The number of hydrogen-bond acceptors (Lipinski definition) is 7. The highest BCUT2D eigenvalue weighted by molar-refractivity contribution is 5.88. The van der Waals surface area contributed by atoms with Crippen molar-refractivity contribution >= 4 is 34.3 Å². The van der Waals surface area contributed by atoms with E-state index < -0.39 is 6.09 Å². The zero-order chi connectivity index (χ0) is 28.7. The molecular weight excluding hydrogens is 520 g/mol. The van der Waals surface area contributed by atoms with Crippen LogP contribution in [0.1, 0.15) is 44.7 Å². The molecule has 1 atom stereocenters. The summed E-state index contributed by atoms with van der Waals surface area (Å²) in [5, 5.41) is 21.9. The van der Waals surface area contributed by atoms with Gasteiger partial charge in [0, 0.05) is 42.3 Å². The average molecular weight is 553 g/mol. The molecule has 0 fully saturated rings. The molecule has 210 valence electrons. The maximum absolute atomic E-state index is 12.1. The van der Waals surface area contributed by atoms with Crippen LogP contribution < -0.4 is 10.1 Å². The zero-order valence-electron chi connectivity index (χ0n) is 23.4. The van der Waals surface area contributed by atoms with Crippen LogP contribution in [0.25, 0.3) is 16.7 Å². The molecule has 0 saturated heterocycles. The second-order valence-electron chi connectivity index (χ2n) is 11.3. The van der Waals surface area contributed by atoms with Crippen LogP contribution in [0.5, 0.6) is 11.5 Å². The number of fused-ring (bicyclic) bond motifs is 2. The fraction of sp³-hybridized carbons (Fsp3) is 0.300. The van der Waals surface area contributed by atoms with Crippen molar-refractivity contribution < 1.29 is 14.6 Å². The van der Waals surface area contributed by atoms with Crippen LogP contribution in [0.4, 0.5) is 16.3 Å². The Hall–Kier alpha value is -4.93. The molecule has 1 aliphatic heterocycles. The SMILES string of the molecule is Cc1cc(Nc2ncnn3ccc(C4=CCCN(C(=O)O)C(C(C)(C)C)C4)c23)ccc1Oc1ccn2ncnc2c1. The van der Waals surface area contributed by atoms with E-state index in [9.17, 15) is 9.90 Å². The van der Waals surface area contributed by atoms with Crippen molar-refractivity contribution in [3.63, 3.8) is 0 Å². The molecule has 5 heterocycles. The summed E-state index contributed by atoms with van der Waals surface area (Å²) >= 11 is 0. The molecule has 1 unspecified atom stereocenters. The first-order valence-corrected chi connectivity index (χ1v) is 13.5. The van der Waals surface area contributed by atoms with E-state index in [1.807, 2.05) is 60.2 Å². The smallest absolute Gasteiger partial charge is 0.407 e. The van der Waals surface area contributed by atoms with Crippen LogP contribution in [0.15, 0.2) is 67.5 Å². The number of nitrogens with one attached hydrogen (secondary N) is 1. The maximum atomic E-state index is 12.1. The van der Waals surface area contributed by atoms with Crippen molar-refractivity contribution in [3.05, 3.63) is 78.6 Å². The van der Waals surface area contributed by atoms with Gasteiger partial charge < -0.3 is 20.1 Å². The Balaban J connectivity index is 1.28. The minimum absolute atomic E-state index is 0.162. The van der Waals surface area contributed by atoms with Crippen LogP contribution in [-0.4, -0.2) is 57.9 Å². The number of aryl methyl sites for hydroxylation is 1. The van der Waals surface area contributed by atoms with Gasteiger partial charge in [-0.25, -0.2) is 23.8 Å². The predicted molar refractivity (Wildman–Crippen MR) is 156 cm³/mol. The van der Waals surface area contributed by atoms with Gasteiger partial charge in [0.05, 0.1) is 0 Å². The summed E-state index contributed by atoms with van der Waals surface area (Å²) < 4.78 is 9.62. The first-order chi connectivity index (χ1) is 19.7. The molecule has 1 aliphatic rings. The minimum Gasteiger partial charge on any atom is -0.465 e. The quantitative estimate of drug-likeness (QED) is 0.265. The van der Waals surface area contributed by atoms with Gasteiger partial charge in [0.2, 0.25) is 0 Å². The topological polar surface area (TPSA) is 122 Å². The minimum atomic E-state index is -0.881. The maximum Gasteiger partial charge on any atom is 0.407 e. The molecule has 41 heavy (non-hydrogen) atoms. The number of pyridine rings is 1. The number of anilines is 2. The summed E-state index contributed by atoms with van der Waals surface area (Å²) in [6.07, 6.45) is 9.28. The molecule has 5 aromatic rings. The second kappa shape index (κ2) is 10.2. The Bertz CT molecular complexity index is 1780. The van der Waals surface area contributed by atoms with Gasteiger partial charge in [0.15, 0.2) is 11.5 Å². The summed E-state index contributed by atoms with van der Waals surface area (Å²) in [6.45, 7) is 8.73. The lowest BCUT2D eigenvalue weighted by molar-refractivity contribution is 0.0871. The van der Waals surface area contributed by atoms with Crippen LogP contribution in [0.3, 0.4) is 0 Å². The molecule has 1 aromatic carbocycles. The number of rotatable bonds is 5. The molecule has 1 amide bonds. The molecule has 4 aromatic heterocycles. The molecule has 0 aliphatic carbocycles. The number of hydrogen-bond donors (Lipinski definition) is 2. The molecule has 0 radical (unpaired) electrons. The van der Waals surface area contributed by atoms with Crippen molar-refractivity contribution in [3.8, 4) is 11.5 Å². The summed E-state index contributed by atoms with van der Waals surface area (Å²) in [5.74, 6) is 2.07. The first-order valence-electron chi connectivity index (χ1n) is 13.5. The lowest BCUT2D eigenvalue weighted by atomic mass is 9.81. The van der Waals surface area contributed by atoms with Gasteiger partial charge in [-0.15, -0.1) is 0 Å². The summed E-state index contributed by atoms with van der Waals surface area (Å²) in [7, 11) is 0. The number of amides is 1.